The highest BCUT2D eigenvalue weighted by Gasteiger charge is 2.33. The molecule has 44 heavy (non-hydrogen) atoms. The van der Waals surface area contributed by atoms with E-state index in [-0.39, 0.29) is 18.2 Å². The maximum absolute atomic E-state index is 12.8. The molecule has 10 heteroatoms. The second kappa shape index (κ2) is 15.3. The number of nitriles is 1. The van der Waals surface area contributed by atoms with Gasteiger partial charge in [-0.25, -0.2) is 0 Å². The van der Waals surface area contributed by atoms with Crippen LogP contribution in [-0.4, -0.2) is 57.4 Å². The normalized spacial score (nSPS) is 14.4. The first-order valence-corrected chi connectivity index (χ1v) is 15.7. The Morgan fingerprint density at radius 2 is 1.75 bits per heavy atom. The van der Waals surface area contributed by atoms with Crippen molar-refractivity contribution in [2.75, 3.05) is 55.5 Å². The molecule has 0 bridgehead atoms. The number of rotatable bonds is 13. The van der Waals surface area contributed by atoms with E-state index in [0.717, 1.165) is 34.2 Å². The number of carbonyl (C=O) groups excluding carboxylic acids is 1. The molecule has 1 fully saturated rings. The standard InChI is InChI=1S/C34H40N4O5S/c1-5-37(6-2)27-10-8-26(9-11-27)36-32(39)21-29(34(40)41)23-15-17-38(18-16-23)33-14-12-28(44-33)19-25(22-35)24-7-13-30(42-3)31(20-24)43-4/h7-14,19-20,23,29H,5-6,15-18,21H2,1-4H3,(H,36,39)(H,40,41)/b25-19+. The van der Waals surface area contributed by atoms with Gasteiger partial charge in [-0.2, -0.15) is 5.26 Å². The Kier molecular flexibility index (Phi) is 11.3. The van der Waals surface area contributed by atoms with Gasteiger partial charge in [-0.05, 0) is 98.8 Å². The van der Waals surface area contributed by atoms with Crippen molar-refractivity contribution >= 4 is 51.2 Å². The number of amides is 1. The summed E-state index contributed by atoms with van der Waals surface area (Å²) in [7, 11) is 3.13. The van der Waals surface area contributed by atoms with Crippen LogP contribution in [0.5, 0.6) is 11.5 Å². The molecule has 4 rings (SSSR count). The Morgan fingerprint density at radius 1 is 1.07 bits per heavy atom. The number of nitrogens with zero attached hydrogens (tertiary/aromatic N) is 3. The van der Waals surface area contributed by atoms with E-state index in [2.05, 4.69) is 35.0 Å². The fourth-order valence-electron chi connectivity index (χ4n) is 5.65. The Labute approximate surface area is 263 Å². The Morgan fingerprint density at radius 3 is 2.34 bits per heavy atom. The predicted octanol–water partition coefficient (Wildman–Crippen LogP) is 6.62. The first kappa shape index (κ1) is 32.4. The number of carboxylic acid groups (broad SMARTS) is 1. The molecule has 3 aromatic rings. The van der Waals surface area contributed by atoms with Gasteiger partial charge in [0, 0.05) is 48.9 Å². The summed E-state index contributed by atoms with van der Waals surface area (Å²) in [6, 6.07) is 19.4. The van der Waals surface area contributed by atoms with Crippen LogP contribution >= 0.6 is 11.3 Å². The minimum atomic E-state index is -0.932. The quantitative estimate of drug-likeness (QED) is 0.206. The summed E-state index contributed by atoms with van der Waals surface area (Å²) < 4.78 is 10.7. The van der Waals surface area contributed by atoms with Crippen LogP contribution in [0.1, 0.15) is 43.6 Å². The molecule has 9 nitrogen and oxygen atoms in total. The SMILES string of the molecule is CCN(CC)c1ccc(NC(=O)CC(C(=O)O)C2CCN(c3ccc(/C=C(\C#N)c4ccc(OC)c(OC)c4)s3)CC2)cc1. The highest BCUT2D eigenvalue weighted by atomic mass is 32.1. The van der Waals surface area contributed by atoms with Gasteiger partial charge in [0.25, 0.3) is 0 Å². The lowest BCUT2D eigenvalue weighted by Gasteiger charge is -2.35. The molecule has 1 atom stereocenters. The maximum atomic E-state index is 12.8. The van der Waals surface area contributed by atoms with Gasteiger partial charge in [-0.1, -0.05) is 0 Å². The van der Waals surface area contributed by atoms with E-state index in [0.29, 0.717) is 48.7 Å². The van der Waals surface area contributed by atoms with Gasteiger partial charge in [0.2, 0.25) is 5.91 Å². The molecule has 0 radical (unpaired) electrons. The van der Waals surface area contributed by atoms with Gasteiger partial charge in [0.1, 0.15) is 0 Å². The molecule has 1 unspecified atom stereocenters. The summed E-state index contributed by atoms with van der Waals surface area (Å²) in [6.07, 6.45) is 3.17. The van der Waals surface area contributed by atoms with Crippen LogP contribution in [-0.2, 0) is 9.59 Å². The second-order valence-corrected chi connectivity index (χ2v) is 11.8. The van der Waals surface area contributed by atoms with E-state index in [1.54, 1.807) is 37.7 Å². The minimum Gasteiger partial charge on any atom is -0.493 e. The fraction of sp³-hybridized carbons (Fsp3) is 0.382. The molecule has 2 N–H and O–H groups in total. The number of ether oxygens (including phenoxy) is 2. The molecule has 0 spiro atoms. The molecule has 2 heterocycles. The van der Waals surface area contributed by atoms with Gasteiger partial charge < -0.3 is 29.7 Å². The summed E-state index contributed by atoms with van der Waals surface area (Å²) in [6.45, 7) is 7.39. The van der Waals surface area contributed by atoms with Gasteiger partial charge in [0.15, 0.2) is 11.5 Å². The maximum Gasteiger partial charge on any atom is 0.307 e. The number of hydrogen-bond donors (Lipinski definition) is 2. The predicted molar refractivity (Wildman–Crippen MR) is 177 cm³/mol. The fourth-order valence-corrected chi connectivity index (χ4v) is 6.65. The molecule has 0 aliphatic carbocycles. The van der Waals surface area contributed by atoms with Gasteiger partial charge in [-0.3, -0.25) is 9.59 Å². The van der Waals surface area contributed by atoms with E-state index >= 15 is 0 Å². The van der Waals surface area contributed by atoms with Crippen molar-refractivity contribution in [3.8, 4) is 17.6 Å². The molecule has 1 aliphatic heterocycles. The molecular weight excluding hydrogens is 576 g/mol. The number of anilines is 3. The zero-order valence-electron chi connectivity index (χ0n) is 25.7. The smallest absolute Gasteiger partial charge is 0.307 e. The molecule has 0 saturated carbocycles. The summed E-state index contributed by atoms with van der Waals surface area (Å²) in [5, 5.41) is 23.8. The number of benzene rings is 2. The van der Waals surface area contributed by atoms with Gasteiger partial charge in [0.05, 0.1) is 36.8 Å². The second-order valence-electron chi connectivity index (χ2n) is 10.7. The van der Waals surface area contributed by atoms with Crippen LogP contribution in [0.2, 0.25) is 0 Å². The largest absolute Gasteiger partial charge is 0.493 e. The third-order valence-corrected chi connectivity index (χ3v) is 9.23. The lowest BCUT2D eigenvalue weighted by Crippen LogP contribution is -2.39. The summed E-state index contributed by atoms with van der Waals surface area (Å²) >= 11 is 1.59. The van der Waals surface area contributed by atoms with Crippen molar-refractivity contribution in [2.24, 2.45) is 11.8 Å². The summed E-state index contributed by atoms with van der Waals surface area (Å²) in [4.78, 5) is 30.5. The number of nitrogens with one attached hydrogen (secondary N) is 1. The van der Waals surface area contributed by atoms with E-state index in [1.165, 1.54) is 0 Å². The zero-order chi connectivity index (χ0) is 31.6. The molecule has 1 amide bonds. The number of hydrogen-bond acceptors (Lipinski definition) is 8. The van der Waals surface area contributed by atoms with Crippen LogP contribution in [0.4, 0.5) is 16.4 Å². The highest BCUT2D eigenvalue weighted by molar-refractivity contribution is 7.17. The molecule has 1 aliphatic rings. The average molecular weight is 617 g/mol. The summed E-state index contributed by atoms with van der Waals surface area (Å²) in [5.41, 5.74) is 3.00. The first-order valence-electron chi connectivity index (χ1n) is 14.9. The van der Waals surface area contributed by atoms with Gasteiger partial charge >= 0.3 is 5.97 Å². The number of aliphatic carboxylic acids is 1. The Bertz CT molecular complexity index is 1500. The van der Waals surface area contributed by atoms with Crippen molar-refractivity contribution in [3.63, 3.8) is 0 Å². The monoisotopic (exact) mass is 616 g/mol. The first-order chi connectivity index (χ1) is 21.3. The van der Waals surface area contributed by atoms with E-state index < -0.39 is 11.9 Å². The number of thiophene rings is 1. The third kappa shape index (κ3) is 7.91. The van der Waals surface area contributed by atoms with Gasteiger partial charge in [-0.15, -0.1) is 11.3 Å². The minimum absolute atomic E-state index is 0.0567. The lowest BCUT2D eigenvalue weighted by molar-refractivity contribution is -0.146. The summed E-state index contributed by atoms with van der Waals surface area (Å²) in [5.74, 6) is -0.891. The van der Waals surface area contributed by atoms with Crippen LogP contribution in [0.3, 0.4) is 0 Å². The van der Waals surface area contributed by atoms with Crippen LogP contribution < -0.4 is 24.6 Å². The number of piperidine rings is 1. The van der Waals surface area contributed by atoms with Crippen molar-refractivity contribution in [2.45, 2.75) is 33.1 Å². The van der Waals surface area contributed by atoms with Crippen molar-refractivity contribution in [1.29, 1.82) is 5.26 Å². The molecule has 2 aromatic carbocycles. The Hall–Kier alpha value is -4.49. The van der Waals surface area contributed by atoms with Crippen LogP contribution in [0.15, 0.2) is 54.6 Å². The van der Waals surface area contributed by atoms with E-state index in [1.807, 2.05) is 48.5 Å². The topological polar surface area (TPSA) is 115 Å². The number of allylic oxidation sites excluding steroid dienone is 1. The van der Waals surface area contributed by atoms with Crippen molar-refractivity contribution in [1.82, 2.24) is 0 Å². The van der Waals surface area contributed by atoms with E-state index in [9.17, 15) is 20.0 Å². The average Bonchev–Trinajstić information content (AvgIpc) is 3.52. The number of methoxy groups -OCH3 is 2. The zero-order valence-corrected chi connectivity index (χ0v) is 26.5. The number of carboxylic acids is 1. The Balaban J connectivity index is 1.35. The van der Waals surface area contributed by atoms with Crippen molar-refractivity contribution < 1.29 is 24.2 Å². The molecule has 1 saturated heterocycles. The van der Waals surface area contributed by atoms with E-state index in [4.69, 9.17) is 9.47 Å². The van der Waals surface area contributed by atoms with Crippen molar-refractivity contribution in [3.05, 3.63) is 65.0 Å². The van der Waals surface area contributed by atoms with Crippen LogP contribution in [0.25, 0.3) is 11.6 Å². The van der Waals surface area contributed by atoms with Crippen LogP contribution in [0, 0.1) is 23.2 Å². The molecule has 232 valence electrons. The lowest BCUT2D eigenvalue weighted by atomic mass is 9.82. The number of carbonyl (C=O) groups is 2. The molecular formula is C34H40N4O5S. The third-order valence-electron chi connectivity index (χ3n) is 8.14. The highest BCUT2D eigenvalue weighted by Crippen LogP contribution is 2.36. The molecule has 1 aromatic heterocycles.